The number of H-pyrrole nitrogens is 1. The minimum Gasteiger partial charge on any atom is -0.399 e. The van der Waals surface area contributed by atoms with Gasteiger partial charge in [0.1, 0.15) is 5.82 Å². The standard InChI is InChI=1S/C9H11FN6/c1-5(9-13-15-16-14-9)12-8-3-6(10)2-7(11)4-8/h2-5,12H,11H2,1H3,(H,13,14,15,16). The lowest BCUT2D eigenvalue weighted by Crippen LogP contribution is -2.09. The molecule has 84 valence electrons. The van der Waals surface area contributed by atoms with E-state index in [0.29, 0.717) is 17.2 Å². The molecule has 4 N–H and O–H groups in total. The van der Waals surface area contributed by atoms with Crippen molar-refractivity contribution in [2.24, 2.45) is 0 Å². The zero-order chi connectivity index (χ0) is 11.5. The second-order valence-corrected chi connectivity index (χ2v) is 3.41. The molecule has 0 fully saturated rings. The number of aromatic nitrogens is 4. The highest BCUT2D eigenvalue weighted by atomic mass is 19.1. The topological polar surface area (TPSA) is 92.5 Å². The largest absolute Gasteiger partial charge is 0.399 e. The predicted octanol–water partition coefficient (Wildman–Crippen LogP) is 1.09. The van der Waals surface area contributed by atoms with Crippen molar-refractivity contribution in [2.75, 3.05) is 11.1 Å². The smallest absolute Gasteiger partial charge is 0.196 e. The third-order valence-electron chi connectivity index (χ3n) is 2.05. The first-order valence-electron chi connectivity index (χ1n) is 4.71. The minimum absolute atomic E-state index is 0.181. The monoisotopic (exact) mass is 222 g/mol. The molecular formula is C9H11FN6. The Kier molecular flexibility index (Phi) is 2.67. The summed E-state index contributed by atoms with van der Waals surface area (Å²) in [4.78, 5) is 0. The molecular weight excluding hydrogens is 211 g/mol. The number of nitrogen functional groups attached to an aromatic ring is 1. The second kappa shape index (κ2) is 4.13. The maximum absolute atomic E-state index is 13.1. The summed E-state index contributed by atoms with van der Waals surface area (Å²) in [5.74, 6) is 0.116. The highest BCUT2D eigenvalue weighted by Gasteiger charge is 2.10. The Morgan fingerprint density at radius 3 is 2.88 bits per heavy atom. The first kappa shape index (κ1) is 10.3. The number of nitrogens with two attached hydrogens (primary N) is 1. The number of hydrogen-bond donors (Lipinski definition) is 3. The van der Waals surface area contributed by atoms with Gasteiger partial charge in [-0.3, -0.25) is 0 Å². The third kappa shape index (κ3) is 2.25. The Morgan fingerprint density at radius 1 is 1.44 bits per heavy atom. The molecule has 1 aromatic heterocycles. The molecule has 0 spiro atoms. The SMILES string of the molecule is CC(Nc1cc(N)cc(F)c1)c1nn[nH]n1. The summed E-state index contributed by atoms with van der Waals surface area (Å²) >= 11 is 0. The van der Waals surface area contributed by atoms with Crippen LogP contribution in [0.15, 0.2) is 18.2 Å². The zero-order valence-corrected chi connectivity index (χ0v) is 8.61. The number of rotatable bonds is 3. The molecule has 1 heterocycles. The van der Waals surface area contributed by atoms with Crippen molar-refractivity contribution in [3.8, 4) is 0 Å². The molecule has 2 aromatic rings. The molecule has 0 aliphatic carbocycles. The number of benzene rings is 1. The van der Waals surface area contributed by atoms with Gasteiger partial charge < -0.3 is 11.1 Å². The number of halogens is 1. The second-order valence-electron chi connectivity index (χ2n) is 3.41. The number of anilines is 2. The first-order chi connectivity index (χ1) is 7.65. The minimum atomic E-state index is -0.386. The van der Waals surface area contributed by atoms with E-state index in [0.717, 1.165) is 0 Å². The van der Waals surface area contributed by atoms with E-state index >= 15 is 0 Å². The van der Waals surface area contributed by atoms with Crippen molar-refractivity contribution in [1.29, 1.82) is 0 Å². The average Bonchev–Trinajstić information content (AvgIpc) is 2.68. The molecule has 1 atom stereocenters. The lowest BCUT2D eigenvalue weighted by molar-refractivity contribution is 0.628. The highest BCUT2D eigenvalue weighted by molar-refractivity contribution is 5.55. The summed E-state index contributed by atoms with van der Waals surface area (Å²) in [7, 11) is 0. The number of hydrogen-bond acceptors (Lipinski definition) is 5. The maximum atomic E-state index is 13.1. The summed E-state index contributed by atoms with van der Waals surface area (Å²) in [5.41, 5.74) is 6.47. The number of aromatic amines is 1. The molecule has 16 heavy (non-hydrogen) atoms. The van der Waals surface area contributed by atoms with Crippen molar-refractivity contribution in [2.45, 2.75) is 13.0 Å². The van der Waals surface area contributed by atoms with Crippen LogP contribution in [0.4, 0.5) is 15.8 Å². The van der Waals surface area contributed by atoms with Crippen molar-refractivity contribution >= 4 is 11.4 Å². The van der Waals surface area contributed by atoms with Crippen molar-refractivity contribution in [3.63, 3.8) is 0 Å². The van der Waals surface area contributed by atoms with E-state index < -0.39 is 0 Å². The van der Waals surface area contributed by atoms with Gasteiger partial charge in [0.2, 0.25) is 0 Å². The Morgan fingerprint density at radius 2 is 2.25 bits per heavy atom. The molecule has 1 unspecified atom stereocenters. The van der Waals surface area contributed by atoms with Gasteiger partial charge in [-0.1, -0.05) is 5.21 Å². The van der Waals surface area contributed by atoms with Crippen LogP contribution in [-0.4, -0.2) is 20.6 Å². The number of nitrogens with zero attached hydrogens (tertiary/aromatic N) is 3. The van der Waals surface area contributed by atoms with E-state index in [1.165, 1.54) is 12.1 Å². The maximum Gasteiger partial charge on any atom is 0.196 e. The van der Waals surface area contributed by atoms with Gasteiger partial charge in [-0.2, -0.15) is 5.21 Å². The van der Waals surface area contributed by atoms with Crippen molar-refractivity contribution < 1.29 is 4.39 Å². The molecule has 0 saturated heterocycles. The summed E-state index contributed by atoms with van der Waals surface area (Å²) in [6.07, 6.45) is 0. The fourth-order valence-corrected chi connectivity index (χ4v) is 1.36. The van der Waals surface area contributed by atoms with E-state index in [2.05, 4.69) is 25.9 Å². The quantitative estimate of drug-likeness (QED) is 0.676. The third-order valence-corrected chi connectivity index (χ3v) is 2.05. The molecule has 6 nitrogen and oxygen atoms in total. The van der Waals surface area contributed by atoms with E-state index in [1.54, 1.807) is 6.07 Å². The zero-order valence-electron chi connectivity index (χ0n) is 8.61. The fraction of sp³-hybridized carbons (Fsp3) is 0.222. The summed E-state index contributed by atoms with van der Waals surface area (Å²) < 4.78 is 13.1. The first-order valence-corrected chi connectivity index (χ1v) is 4.71. The van der Waals surface area contributed by atoms with Gasteiger partial charge in [0, 0.05) is 11.4 Å². The van der Waals surface area contributed by atoms with Gasteiger partial charge in [-0.25, -0.2) is 4.39 Å². The fourth-order valence-electron chi connectivity index (χ4n) is 1.36. The lowest BCUT2D eigenvalue weighted by Gasteiger charge is -2.11. The Balaban J connectivity index is 2.15. The van der Waals surface area contributed by atoms with E-state index in [1.807, 2.05) is 6.92 Å². The molecule has 7 heteroatoms. The van der Waals surface area contributed by atoms with Crippen LogP contribution < -0.4 is 11.1 Å². The van der Waals surface area contributed by atoms with Crippen LogP contribution in [-0.2, 0) is 0 Å². The van der Waals surface area contributed by atoms with Gasteiger partial charge in [0.15, 0.2) is 5.82 Å². The van der Waals surface area contributed by atoms with Gasteiger partial charge in [0.05, 0.1) is 6.04 Å². The van der Waals surface area contributed by atoms with Gasteiger partial charge in [-0.05, 0) is 25.1 Å². The molecule has 1 aromatic carbocycles. The molecule has 0 aliphatic heterocycles. The Bertz CT molecular complexity index is 449. The molecule has 0 aliphatic rings. The highest BCUT2D eigenvalue weighted by Crippen LogP contribution is 2.19. The lowest BCUT2D eigenvalue weighted by atomic mass is 10.2. The summed E-state index contributed by atoms with van der Waals surface area (Å²) in [5, 5.41) is 16.5. The van der Waals surface area contributed by atoms with E-state index in [-0.39, 0.29) is 11.9 Å². The Labute approximate surface area is 91.0 Å². The van der Waals surface area contributed by atoms with E-state index in [4.69, 9.17) is 5.73 Å². The molecule has 0 saturated carbocycles. The molecule has 0 amide bonds. The van der Waals surface area contributed by atoms with Crippen LogP contribution in [0.1, 0.15) is 18.8 Å². The van der Waals surface area contributed by atoms with Crippen LogP contribution in [0.3, 0.4) is 0 Å². The normalized spacial score (nSPS) is 12.4. The van der Waals surface area contributed by atoms with Gasteiger partial charge in [-0.15, -0.1) is 10.2 Å². The molecule has 2 rings (SSSR count). The van der Waals surface area contributed by atoms with Gasteiger partial charge in [0.25, 0.3) is 0 Å². The van der Waals surface area contributed by atoms with Crippen molar-refractivity contribution in [1.82, 2.24) is 20.6 Å². The number of nitrogens with one attached hydrogen (secondary N) is 2. The summed E-state index contributed by atoms with van der Waals surface area (Å²) in [6, 6.07) is 4.07. The van der Waals surface area contributed by atoms with Crippen LogP contribution in [0.25, 0.3) is 0 Å². The predicted molar refractivity (Wildman–Crippen MR) is 57.0 cm³/mol. The molecule has 0 bridgehead atoms. The van der Waals surface area contributed by atoms with Crippen LogP contribution >= 0.6 is 0 Å². The van der Waals surface area contributed by atoms with Crippen LogP contribution in [0.5, 0.6) is 0 Å². The summed E-state index contributed by atoms with van der Waals surface area (Å²) in [6.45, 7) is 1.84. The van der Waals surface area contributed by atoms with Crippen LogP contribution in [0.2, 0.25) is 0 Å². The molecule has 0 radical (unpaired) electrons. The van der Waals surface area contributed by atoms with Crippen LogP contribution in [0, 0.1) is 5.82 Å². The van der Waals surface area contributed by atoms with Crippen molar-refractivity contribution in [3.05, 3.63) is 29.8 Å². The Hall–Kier alpha value is -2.18. The van der Waals surface area contributed by atoms with Gasteiger partial charge >= 0.3 is 0 Å². The average molecular weight is 222 g/mol. The number of tetrazole rings is 1. The van der Waals surface area contributed by atoms with E-state index in [9.17, 15) is 4.39 Å².